The highest BCUT2D eigenvalue weighted by atomic mass is 16.6. The third-order valence-electron chi connectivity index (χ3n) is 15.4. The molecule has 0 spiro atoms. The second-order valence-electron chi connectivity index (χ2n) is 21.8. The van der Waals surface area contributed by atoms with Gasteiger partial charge in [0.05, 0.1) is 50.1 Å². The topological polar surface area (TPSA) is 200 Å². The van der Waals surface area contributed by atoms with Crippen LogP contribution in [0.5, 0.6) is 34.5 Å². The molecule has 0 bridgehead atoms. The third kappa shape index (κ3) is 26.4. The summed E-state index contributed by atoms with van der Waals surface area (Å²) in [7, 11) is 0. The van der Waals surface area contributed by atoms with E-state index in [9.17, 15) is 28.8 Å². The lowest BCUT2D eigenvalue weighted by molar-refractivity contribution is -0.145. The normalized spacial score (nSPS) is 16.6. The van der Waals surface area contributed by atoms with Gasteiger partial charge in [0, 0.05) is 23.9 Å². The van der Waals surface area contributed by atoms with Crippen molar-refractivity contribution in [1.82, 2.24) is 0 Å². The van der Waals surface area contributed by atoms with Crippen LogP contribution < -0.4 is 28.4 Å². The van der Waals surface area contributed by atoms with Gasteiger partial charge in [-0.1, -0.05) is 129 Å². The van der Waals surface area contributed by atoms with Crippen molar-refractivity contribution >= 4 is 42.0 Å². The first kappa shape index (κ1) is 66.0. The Morgan fingerprint density at radius 3 is 0.951 bits per heavy atom. The molecule has 2 aliphatic rings. The molecule has 82 heavy (non-hydrogen) atoms. The first-order valence-corrected chi connectivity index (χ1v) is 30.6. The Morgan fingerprint density at radius 2 is 0.634 bits per heavy atom. The Labute approximate surface area is 487 Å². The number of hydrogen-bond acceptors (Lipinski definition) is 15. The molecule has 2 fully saturated rings. The number of nitrogens with one attached hydrogen (secondary N) is 1. The van der Waals surface area contributed by atoms with E-state index < -0.39 is 23.8 Å². The number of carbonyl (C=O) groups excluding carboxylic acids is 6. The Bertz CT molecular complexity index is 2400. The zero-order valence-corrected chi connectivity index (χ0v) is 48.6. The minimum absolute atomic E-state index is 0.180. The van der Waals surface area contributed by atoms with Gasteiger partial charge in [-0.2, -0.15) is 0 Å². The molecule has 2 aliphatic carbocycles. The molecule has 3 aromatic rings. The van der Waals surface area contributed by atoms with Crippen molar-refractivity contribution in [3.63, 3.8) is 0 Å². The van der Waals surface area contributed by atoms with E-state index in [1.54, 1.807) is 36.4 Å². The van der Waals surface area contributed by atoms with Gasteiger partial charge in [0.2, 0.25) is 0 Å². The average Bonchev–Trinajstić information content (AvgIpc) is 3.69. The number of esters is 6. The molecule has 0 amide bonds. The van der Waals surface area contributed by atoms with Gasteiger partial charge in [0.25, 0.3) is 0 Å². The molecular formula is C67H91NO14. The van der Waals surface area contributed by atoms with E-state index in [0.29, 0.717) is 89.3 Å². The summed E-state index contributed by atoms with van der Waals surface area (Å²) in [4.78, 5) is 74.8. The predicted molar refractivity (Wildman–Crippen MR) is 316 cm³/mol. The maximum atomic E-state index is 13.3. The van der Waals surface area contributed by atoms with Gasteiger partial charge in [0.15, 0.2) is 0 Å². The summed E-state index contributed by atoms with van der Waals surface area (Å²) in [6.07, 6.45) is 32.5. The fourth-order valence-electron chi connectivity index (χ4n) is 10.4. The van der Waals surface area contributed by atoms with Crippen molar-refractivity contribution in [2.45, 2.75) is 193 Å². The fourth-order valence-corrected chi connectivity index (χ4v) is 10.4. The molecule has 0 saturated heterocycles. The van der Waals surface area contributed by atoms with Crippen LogP contribution in [-0.4, -0.2) is 68.5 Å². The van der Waals surface area contributed by atoms with E-state index in [1.807, 2.05) is 12.1 Å². The van der Waals surface area contributed by atoms with E-state index in [1.165, 1.54) is 114 Å². The highest BCUT2D eigenvalue weighted by Gasteiger charge is 2.34. The van der Waals surface area contributed by atoms with Gasteiger partial charge >= 0.3 is 35.8 Å². The molecule has 0 atom stereocenters. The number of benzene rings is 3. The Balaban J connectivity index is 0.872. The summed E-state index contributed by atoms with van der Waals surface area (Å²) in [5.41, 5.74) is 0.281. The minimum atomic E-state index is -0.444. The van der Waals surface area contributed by atoms with E-state index in [2.05, 4.69) is 13.2 Å². The number of carbonyl (C=O) groups is 6. The summed E-state index contributed by atoms with van der Waals surface area (Å²) in [6.45, 7) is 9.01. The van der Waals surface area contributed by atoms with E-state index in [-0.39, 0.29) is 52.8 Å². The number of unbranched alkanes of at least 4 members (excludes halogenated alkanes) is 20. The molecule has 0 aromatic heterocycles. The number of rotatable bonds is 41. The molecule has 3 aromatic carbocycles. The fraction of sp³-hybridized carbons (Fsp3) is 0.567. The van der Waals surface area contributed by atoms with Gasteiger partial charge < -0.3 is 43.3 Å². The summed E-state index contributed by atoms with van der Waals surface area (Å²) in [5, 5.41) is 7.99. The Kier molecular flexibility index (Phi) is 31.9. The first-order valence-electron chi connectivity index (χ1n) is 30.6. The van der Waals surface area contributed by atoms with Crippen LogP contribution in [-0.2, 0) is 38.2 Å². The second kappa shape index (κ2) is 39.6. The van der Waals surface area contributed by atoms with Crippen LogP contribution in [0.25, 0.3) is 0 Å². The summed E-state index contributed by atoms with van der Waals surface area (Å²) < 4.78 is 44.7. The molecule has 2 saturated carbocycles. The molecule has 15 nitrogen and oxygen atoms in total. The van der Waals surface area contributed by atoms with Crippen molar-refractivity contribution in [1.29, 1.82) is 5.41 Å². The van der Waals surface area contributed by atoms with Crippen LogP contribution in [0.3, 0.4) is 0 Å². The average molecular weight is 1130 g/mol. The van der Waals surface area contributed by atoms with Crippen LogP contribution in [0.2, 0.25) is 0 Å². The van der Waals surface area contributed by atoms with Crippen LogP contribution >= 0.6 is 0 Å². The predicted octanol–water partition coefficient (Wildman–Crippen LogP) is 15.1. The quantitative estimate of drug-likeness (QED) is 0.0185. The van der Waals surface area contributed by atoms with E-state index in [0.717, 1.165) is 75.5 Å². The van der Waals surface area contributed by atoms with Gasteiger partial charge in [-0.05, 0) is 144 Å². The number of hydrogen-bond donors (Lipinski definition) is 1. The molecule has 15 heteroatoms. The maximum absolute atomic E-state index is 13.3. The summed E-state index contributed by atoms with van der Waals surface area (Å²) in [6, 6.07) is 18.7. The summed E-state index contributed by atoms with van der Waals surface area (Å²) >= 11 is 0. The van der Waals surface area contributed by atoms with Crippen molar-refractivity contribution in [3.05, 3.63) is 97.6 Å². The monoisotopic (exact) mass is 1130 g/mol. The Morgan fingerprint density at radius 1 is 0.366 bits per heavy atom. The van der Waals surface area contributed by atoms with Crippen LogP contribution in [0.15, 0.2) is 92.0 Å². The first-order chi connectivity index (χ1) is 40.0. The Hall–Kier alpha value is -6.77. The van der Waals surface area contributed by atoms with Crippen molar-refractivity contribution in [2.75, 3.05) is 26.4 Å². The minimum Gasteiger partial charge on any atom is -0.494 e. The molecule has 0 unspecified atom stereocenters. The van der Waals surface area contributed by atoms with Gasteiger partial charge in [-0.25, -0.2) is 9.59 Å². The van der Waals surface area contributed by atoms with Gasteiger partial charge in [-0.15, -0.1) is 0 Å². The van der Waals surface area contributed by atoms with Gasteiger partial charge in [-0.3, -0.25) is 19.2 Å². The maximum Gasteiger partial charge on any atom is 0.330 e. The standard InChI is InChI=1S/C67H91NO14/c1-3-62(69)77-47-25-21-17-13-8-6-5-7-11-15-19-23-45-75-56-35-39-58(40-36-56)79-64(71)51-27-29-53(30-28-51)66(73)81-60-43-44-61(55(49-60)50-68)82-67(74)54-33-31-52(32-34-54)65(72)80-59-41-37-57(38-42-59)76-46-24-20-16-12-9-10-14-18-22-26-48-78-63(70)4-2/h3-4,35-44,49-54,68H,1-2,5-34,45-48H2/t51-,52-,53+,54-. The molecule has 1 N–H and O–H groups in total. The summed E-state index contributed by atoms with van der Waals surface area (Å²) in [5.74, 6) is -0.988. The zero-order chi connectivity index (χ0) is 58.4. The molecule has 0 radical (unpaired) electrons. The van der Waals surface area contributed by atoms with Crippen LogP contribution in [0.4, 0.5) is 0 Å². The van der Waals surface area contributed by atoms with E-state index in [4.69, 9.17) is 43.3 Å². The number of ether oxygens (including phenoxy) is 8. The van der Waals surface area contributed by atoms with E-state index >= 15 is 0 Å². The molecule has 448 valence electrons. The van der Waals surface area contributed by atoms with Crippen LogP contribution in [0, 0.1) is 29.1 Å². The van der Waals surface area contributed by atoms with Crippen molar-refractivity contribution in [3.8, 4) is 34.5 Å². The van der Waals surface area contributed by atoms with Crippen molar-refractivity contribution < 1.29 is 66.7 Å². The zero-order valence-electron chi connectivity index (χ0n) is 48.6. The lowest BCUT2D eigenvalue weighted by atomic mass is 9.82. The van der Waals surface area contributed by atoms with Crippen molar-refractivity contribution in [2.24, 2.45) is 23.7 Å². The smallest absolute Gasteiger partial charge is 0.330 e. The lowest BCUT2D eigenvalue weighted by Gasteiger charge is -2.26. The largest absolute Gasteiger partial charge is 0.494 e. The molecule has 0 heterocycles. The van der Waals surface area contributed by atoms with Gasteiger partial charge in [0.1, 0.15) is 34.5 Å². The highest BCUT2D eigenvalue weighted by molar-refractivity contribution is 5.86. The lowest BCUT2D eigenvalue weighted by Crippen LogP contribution is -2.30. The third-order valence-corrected chi connectivity index (χ3v) is 15.4. The second-order valence-corrected chi connectivity index (χ2v) is 21.8. The SMILES string of the molecule is C=CC(=O)OCCCCCCCCCCCCCCOc1ccc(OC(=O)[C@H]2CC[C@@H](C(=O)Oc3ccc(OC(=O)[C@H]4CC[C@H](C(=O)Oc5ccc(OCCCCCCCCCCCCOC(=O)C=C)cc5)CC4)c(C=N)c3)CC2)cc1. The van der Waals surface area contributed by atoms with Crippen LogP contribution in [0.1, 0.15) is 198 Å². The molecular weight excluding hydrogens is 1040 g/mol. The molecule has 5 rings (SSSR count). The molecule has 0 aliphatic heterocycles. The highest BCUT2D eigenvalue weighted by Crippen LogP contribution is 2.35.